The molecule has 0 aromatic heterocycles. The highest BCUT2D eigenvalue weighted by molar-refractivity contribution is 5.68. The summed E-state index contributed by atoms with van der Waals surface area (Å²) in [6.45, 7) is 14.6. The number of alkyl carbamates (subject to hydrolysis) is 1. The van der Waals surface area contributed by atoms with Crippen LogP contribution in [0.2, 0.25) is 0 Å². The minimum atomic E-state index is -0.480. The minimum Gasteiger partial charge on any atom is -0.444 e. The van der Waals surface area contributed by atoms with Gasteiger partial charge in [-0.05, 0) is 53.6 Å². The molecule has 3 N–H and O–H groups in total. The Morgan fingerprint density at radius 3 is 2.05 bits per heavy atom. The van der Waals surface area contributed by atoms with E-state index < -0.39 is 5.60 Å². The Morgan fingerprint density at radius 1 is 1.18 bits per heavy atom. The van der Waals surface area contributed by atoms with E-state index in [2.05, 4.69) is 24.1 Å². The predicted molar refractivity (Wildman–Crippen MR) is 93.1 cm³/mol. The largest absolute Gasteiger partial charge is 0.444 e. The quantitative estimate of drug-likeness (QED) is 0.650. The van der Waals surface area contributed by atoms with E-state index >= 15 is 0 Å². The van der Waals surface area contributed by atoms with Crippen LogP contribution in [0.15, 0.2) is 0 Å². The molecule has 0 bridgehead atoms. The Labute approximate surface area is 137 Å². The molecule has 2 atom stereocenters. The Kier molecular flexibility index (Phi) is 10.4. The summed E-state index contributed by atoms with van der Waals surface area (Å²) in [5.74, 6) is 0. The van der Waals surface area contributed by atoms with Gasteiger partial charge in [0.15, 0.2) is 0 Å². The first kappa shape index (κ1) is 21.2. The van der Waals surface area contributed by atoms with Gasteiger partial charge >= 0.3 is 6.09 Å². The van der Waals surface area contributed by atoms with Gasteiger partial charge in [0.05, 0.1) is 0 Å². The van der Waals surface area contributed by atoms with Crippen molar-refractivity contribution in [1.29, 1.82) is 0 Å². The highest BCUT2D eigenvalue weighted by Gasteiger charge is 2.25. The second-order valence-electron chi connectivity index (χ2n) is 6.98. The zero-order valence-corrected chi connectivity index (χ0v) is 15.4. The molecule has 1 amide bonds. The van der Waals surface area contributed by atoms with Gasteiger partial charge in [0.25, 0.3) is 0 Å². The average molecular weight is 316 g/mol. The summed E-state index contributed by atoms with van der Waals surface area (Å²) in [6.07, 6.45) is 4.25. The SMILES string of the molecule is CCCCN(CCCC)C(CN)C(C)NC(=O)OC(C)(C)C. The number of carbonyl (C=O) groups is 1. The topological polar surface area (TPSA) is 67.6 Å². The Balaban J connectivity index is 4.67. The zero-order valence-electron chi connectivity index (χ0n) is 15.4. The maximum atomic E-state index is 11.9. The summed E-state index contributed by atoms with van der Waals surface area (Å²) in [5.41, 5.74) is 5.51. The van der Waals surface area contributed by atoms with Crippen molar-refractivity contribution in [2.24, 2.45) is 5.73 Å². The van der Waals surface area contributed by atoms with Crippen molar-refractivity contribution in [3.8, 4) is 0 Å². The predicted octanol–water partition coefficient (Wildman–Crippen LogP) is 3.13. The van der Waals surface area contributed by atoms with Gasteiger partial charge in [-0.2, -0.15) is 0 Å². The van der Waals surface area contributed by atoms with Crippen LogP contribution in [0.3, 0.4) is 0 Å². The number of nitrogens with one attached hydrogen (secondary N) is 1. The van der Waals surface area contributed by atoms with Gasteiger partial charge in [-0.1, -0.05) is 26.7 Å². The van der Waals surface area contributed by atoms with Crippen LogP contribution in [-0.2, 0) is 4.74 Å². The number of carbonyl (C=O) groups excluding carboxylic acids is 1. The molecule has 0 fully saturated rings. The van der Waals surface area contributed by atoms with Gasteiger partial charge < -0.3 is 15.8 Å². The van der Waals surface area contributed by atoms with Gasteiger partial charge in [0, 0.05) is 18.6 Å². The first-order valence-electron chi connectivity index (χ1n) is 8.68. The summed E-state index contributed by atoms with van der Waals surface area (Å²) in [5, 5.41) is 2.94. The van der Waals surface area contributed by atoms with E-state index in [1.807, 2.05) is 27.7 Å². The van der Waals surface area contributed by atoms with E-state index in [-0.39, 0.29) is 18.2 Å². The molecular weight excluding hydrogens is 278 g/mol. The average Bonchev–Trinajstić information content (AvgIpc) is 2.39. The molecule has 0 aromatic carbocycles. The normalized spacial score (nSPS) is 14.7. The highest BCUT2D eigenvalue weighted by atomic mass is 16.6. The maximum Gasteiger partial charge on any atom is 0.407 e. The molecule has 0 saturated heterocycles. The molecule has 5 heteroatoms. The Morgan fingerprint density at radius 2 is 1.68 bits per heavy atom. The summed E-state index contributed by atoms with van der Waals surface area (Å²) in [4.78, 5) is 14.4. The zero-order chi connectivity index (χ0) is 17.2. The molecule has 0 saturated carbocycles. The van der Waals surface area contributed by atoms with Gasteiger partial charge in [0.1, 0.15) is 5.60 Å². The van der Waals surface area contributed by atoms with Crippen LogP contribution in [0.5, 0.6) is 0 Å². The monoisotopic (exact) mass is 315 g/mol. The van der Waals surface area contributed by atoms with Crippen LogP contribution >= 0.6 is 0 Å². The van der Waals surface area contributed by atoms with Crippen LogP contribution in [0.25, 0.3) is 0 Å². The lowest BCUT2D eigenvalue weighted by molar-refractivity contribution is 0.0468. The fraction of sp³-hybridized carbons (Fsp3) is 0.941. The Bertz CT molecular complexity index is 295. The van der Waals surface area contributed by atoms with E-state index in [0.29, 0.717) is 6.54 Å². The lowest BCUT2D eigenvalue weighted by Crippen LogP contribution is -2.54. The van der Waals surface area contributed by atoms with E-state index in [4.69, 9.17) is 10.5 Å². The molecule has 0 aliphatic heterocycles. The van der Waals surface area contributed by atoms with Crippen LogP contribution in [-0.4, -0.2) is 48.3 Å². The second-order valence-corrected chi connectivity index (χ2v) is 6.98. The van der Waals surface area contributed by atoms with Crippen LogP contribution in [0.4, 0.5) is 4.79 Å². The Hall–Kier alpha value is -0.810. The van der Waals surface area contributed by atoms with Crippen LogP contribution in [0.1, 0.15) is 67.2 Å². The van der Waals surface area contributed by atoms with Crippen molar-refractivity contribution in [3.63, 3.8) is 0 Å². The molecule has 0 aliphatic rings. The molecule has 22 heavy (non-hydrogen) atoms. The van der Waals surface area contributed by atoms with Crippen molar-refractivity contribution >= 4 is 6.09 Å². The van der Waals surface area contributed by atoms with E-state index in [9.17, 15) is 4.79 Å². The van der Waals surface area contributed by atoms with Gasteiger partial charge in [-0.15, -0.1) is 0 Å². The van der Waals surface area contributed by atoms with E-state index in [0.717, 1.165) is 38.8 Å². The number of ether oxygens (including phenoxy) is 1. The maximum absolute atomic E-state index is 11.9. The fourth-order valence-corrected chi connectivity index (χ4v) is 2.42. The fourth-order valence-electron chi connectivity index (χ4n) is 2.42. The summed E-state index contributed by atoms with van der Waals surface area (Å²) < 4.78 is 5.34. The molecule has 0 heterocycles. The first-order chi connectivity index (χ1) is 10.2. The smallest absolute Gasteiger partial charge is 0.407 e. The van der Waals surface area contributed by atoms with Crippen LogP contribution in [0, 0.1) is 0 Å². The summed E-state index contributed by atoms with van der Waals surface area (Å²) in [7, 11) is 0. The number of nitrogens with zero attached hydrogens (tertiary/aromatic N) is 1. The number of rotatable bonds is 10. The number of amides is 1. The van der Waals surface area contributed by atoms with Crippen molar-refractivity contribution in [1.82, 2.24) is 10.2 Å². The highest BCUT2D eigenvalue weighted by Crippen LogP contribution is 2.11. The lowest BCUT2D eigenvalue weighted by Gasteiger charge is -2.35. The number of hydrogen-bond donors (Lipinski definition) is 2. The minimum absolute atomic E-state index is 0.0337. The first-order valence-corrected chi connectivity index (χ1v) is 8.68. The molecule has 0 spiro atoms. The third kappa shape index (κ3) is 9.26. The van der Waals surface area contributed by atoms with E-state index in [1.165, 1.54) is 0 Å². The standard InChI is InChI=1S/C17H37N3O2/c1-7-9-11-20(12-10-8-2)15(13-18)14(3)19-16(21)22-17(4,5)6/h14-15H,7-13,18H2,1-6H3,(H,19,21). The number of hydrogen-bond acceptors (Lipinski definition) is 4. The van der Waals surface area contributed by atoms with Crippen molar-refractivity contribution in [2.45, 2.75) is 84.9 Å². The van der Waals surface area contributed by atoms with Crippen molar-refractivity contribution < 1.29 is 9.53 Å². The lowest BCUT2D eigenvalue weighted by atomic mass is 10.1. The molecule has 5 nitrogen and oxygen atoms in total. The number of nitrogens with two attached hydrogens (primary N) is 1. The molecule has 0 aliphatic carbocycles. The van der Waals surface area contributed by atoms with Crippen molar-refractivity contribution in [2.75, 3.05) is 19.6 Å². The molecule has 0 radical (unpaired) electrons. The number of unbranched alkanes of at least 4 members (excludes halogenated alkanes) is 2. The molecule has 0 aromatic rings. The second kappa shape index (κ2) is 10.8. The third-order valence-electron chi connectivity index (χ3n) is 3.63. The molecular formula is C17H37N3O2. The summed E-state index contributed by atoms with van der Waals surface area (Å²) >= 11 is 0. The van der Waals surface area contributed by atoms with Gasteiger partial charge in [0.2, 0.25) is 0 Å². The van der Waals surface area contributed by atoms with Gasteiger partial charge in [-0.25, -0.2) is 4.79 Å². The molecule has 0 rings (SSSR count). The molecule has 2 unspecified atom stereocenters. The molecule has 132 valence electrons. The summed E-state index contributed by atoms with van der Waals surface area (Å²) in [6, 6.07) is 0.110. The van der Waals surface area contributed by atoms with Crippen LogP contribution < -0.4 is 11.1 Å². The van der Waals surface area contributed by atoms with Gasteiger partial charge in [-0.3, -0.25) is 4.90 Å². The van der Waals surface area contributed by atoms with Crippen molar-refractivity contribution in [3.05, 3.63) is 0 Å². The van der Waals surface area contributed by atoms with E-state index in [1.54, 1.807) is 0 Å². The third-order valence-corrected chi connectivity index (χ3v) is 3.63.